The van der Waals surface area contributed by atoms with Crippen LogP contribution in [0.5, 0.6) is 0 Å². The molecule has 1 radical (unpaired) electrons. The van der Waals surface area contributed by atoms with E-state index in [1.54, 1.807) is 0 Å². The van der Waals surface area contributed by atoms with E-state index in [1.807, 2.05) is 0 Å². The fraction of sp³-hybridized carbons (Fsp3) is 0.400. The number of hydrogen-bond acceptors (Lipinski definition) is 1. The molecule has 1 aromatic heterocycles. The van der Waals surface area contributed by atoms with Crippen LogP contribution < -0.4 is 0 Å². The zero-order valence-corrected chi connectivity index (χ0v) is 5.11. The maximum atomic E-state index is 11.8. The lowest BCUT2D eigenvalue weighted by Gasteiger charge is -2.04. The van der Waals surface area contributed by atoms with Crippen molar-refractivity contribution in [2.45, 2.75) is 6.18 Å². The van der Waals surface area contributed by atoms with Crippen molar-refractivity contribution >= 4 is 0 Å². The molecule has 0 saturated carbocycles. The molecule has 0 aliphatic carbocycles. The van der Waals surface area contributed by atoms with Crippen molar-refractivity contribution in [3.8, 4) is 0 Å². The summed E-state index contributed by atoms with van der Waals surface area (Å²) in [6, 6.07) is 0. The Morgan fingerprint density at radius 1 is 1.60 bits per heavy atom. The van der Waals surface area contributed by atoms with Crippen molar-refractivity contribution in [3.05, 3.63) is 18.2 Å². The first-order chi connectivity index (χ1) is 4.52. The lowest BCUT2D eigenvalue weighted by Crippen LogP contribution is -2.10. The molecule has 0 N–H and O–H groups in total. The van der Waals surface area contributed by atoms with Gasteiger partial charge in [0.2, 0.25) is 0 Å². The van der Waals surface area contributed by atoms with Gasteiger partial charge >= 0.3 is 6.18 Å². The van der Waals surface area contributed by atoms with E-state index in [4.69, 9.17) is 0 Å². The Hall–Kier alpha value is -1.00. The maximum absolute atomic E-state index is 11.8. The zero-order valence-electron chi connectivity index (χ0n) is 5.11. The van der Waals surface area contributed by atoms with Gasteiger partial charge in [-0.25, -0.2) is 4.98 Å². The Bertz CT molecular complexity index is 225. The molecule has 1 heterocycles. The Morgan fingerprint density at radius 2 is 2.20 bits per heavy atom. The van der Waals surface area contributed by atoms with Gasteiger partial charge in [-0.3, -0.25) is 0 Å². The van der Waals surface area contributed by atoms with Crippen LogP contribution >= 0.6 is 0 Å². The molecule has 5 heteroatoms. The van der Waals surface area contributed by atoms with Crippen LogP contribution in [0, 0.1) is 6.33 Å². The molecule has 0 fully saturated rings. The summed E-state index contributed by atoms with van der Waals surface area (Å²) in [6.45, 7) is 0. The molecule has 0 atom stereocenters. The third-order valence-corrected chi connectivity index (χ3v) is 1.05. The van der Waals surface area contributed by atoms with Crippen molar-refractivity contribution in [3.63, 3.8) is 0 Å². The third-order valence-electron chi connectivity index (χ3n) is 1.05. The number of hydrogen-bond donors (Lipinski definition) is 0. The van der Waals surface area contributed by atoms with Crippen LogP contribution in [-0.2, 0) is 13.2 Å². The third kappa shape index (κ3) is 1.12. The summed E-state index contributed by atoms with van der Waals surface area (Å²) in [6.07, 6.45) is -1.46. The van der Waals surface area contributed by atoms with E-state index in [0.29, 0.717) is 0 Å². The monoisotopic (exact) mass is 149 g/mol. The minimum atomic E-state index is -4.32. The molecule has 0 aromatic carbocycles. The Kier molecular flexibility index (Phi) is 1.42. The number of halogens is 3. The van der Waals surface area contributed by atoms with Gasteiger partial charge in [0.05, 0.1) is 6.20 Å². The minimum Gasteiger partial charge on any atom is -0.321 e. The molecular formula is C5H4F3N2. The van der Waals surface area contributed by atoms with Crippen molar-refractivity contribution < 1.29 is 13.2 Å². The van der Waals surface area contributed by atoms with Gasteiger partial charge in [0, 0.05) is 7.05 Å². The van der Waals surface area contributed by atoms with Gasteiger partial charge in [-0.15, -0.1) is 0 Å². The highest BCUT2D eigenvalue weighted by Crippen LogP contribution is 2.27. The van der Waals surface area contributed by atoms with Gasteiger partial charge in [0.15, 0.2) is 6.33 Å². The minimum absolute atomic E-state index is 0.736. The molecule has 0 unspecified atom stereocenters. The first-order valence-electron chi connectivity index (χ1n) is 2.48. The quantitative estimate of drug-likeness (QED) is 0.542. The lowest BCUT2D eigenvalue weighted by atomic mass is 10.5. The number of imidazole rings is 1. The van der Waals surface area contributed by atoms with Gasteiger partial charge < -0.3 is 4.57 Å². The summed E-state index contributed by atoms with van der Waals surface area (Å²) in [5, 5.41) is 0. The number of rotatable bonds is 0. The zero-order chi connectivity index (χ0) is 7.78. The maximum Gasteiger partial charge on any atom is 0.433 e. The van der Waals surface area contributed by atoms with Gasteiger partial charge in [0.1, 0.15) is 5.69 Å². The highest BCUT2D eigenvalue weighted by atomic mass is 19.4. The van der Waals surface area contributed by atoms with E-state index >= 15 is 0 Å². The molecule has 2 nitrogen and oxygen atoms in total. The van der Waals surface area contributed by atoms with Crippen LogP contribution in [-0.4, -0.2) is 9.55 Å². The summed E-state index contributed by atoms with van der Waals surface area (Å²) < 4.78 is 36.2. The van der Waals surface area contributed by atoms with Crippen LogP contribution in [0.4, 0.5) is 13.2 Å². The van der Waals surface area contributed by atoms with E-state index in [1.165, 1.54) is 7.05 Å². The van der Waals surface area contributed by atoms with Crippen LogP contribution in [0.3, 0.4) is 0 Å². The predicted octanol–water partition coefficient (Wildman–Crippen LogP) is 1.24. The summed E-state index contributed by atoms with van der Waals surface area (Å²) in [5.74, 6) is 0. The summed E-state index contributed by atoms with van der Waals surface area (Å²) >= 11 is 0. The topological polar surface area (TPSA) is 17.8 Å². The van der Waals surface area contributed by atoms with E-state index in [0.717, 1.165) is 10.8 Å². The molecule has 0 spiro atoms. The van der Waals surface area contributed by atoms with E-state index < -0.39 is 11.9 Å². The van der Waals surface area contributed by atoms with E-state index in [-0.39, 0.29) is 0 Å². The number of aromatic nitrogens is 2. The first kappa shape index (κ1) is 7.11. The van der Waals surface area contributed by atoms with Crippen LogP contribution in [0.15, 0.2) is 6.20 Å². The van der Waals surface area contributed by atoms with Gasteiger partial charge in [-0.2, -0.15) is 13.2 Å². The molecular weight excluding hydrogens is 145 g/mol. The first-order valence-corrected chi connectivity index (χ1v) is 2.48. The SMILES string of the molecule is Cn1[c]ncc1C(F)(F)F. The second-order valence-electron chi connectivity index (χ2n) is 1.80. The fourth-order valence-electron chi connectivity index (χ4n) is 0.580. The molecule has 0 bridgehead atoms. The van der Waals surface area contributed by atoms with Gasteiger partial charge in [-0.05, 0) is 0 Å². The highest BCUT2D eigenvalue weighted by molar-refractivity contribution is 5.01. The number of aryl methyl sites for hydroxylation is 1. The largest absolute Gasteiger partial charge is 0.433 e. The Labute approximate surface area is 55.3 Å². The average Bonchev–Trinajstić information content (AvgIpc) is 2.11. The number of nitrogens with zero attached hydrogens (tertiary/aromatic N) is 2. The van der Waals surface area contributed by atoms with Crippen molar-refractivity contribution in [1.29, 1.82) is 0 Å². The standard InChI is InChI=1S/C5H4F3N2/c1-10-3-9-2-4(10)5(6,7)8/h2H,1H3. The summed E-state index contributed by atoms with van der Waals surface area (Å²) in [7, 11) is 1.25. The number of alkyl halides is 3. The average molecular weight is 149 g/mol. The lowest BCUT2D eigenvalue weighted by molar-refractivity contribution is -0.143. The smallest absolute Gasteiger partial charge is 0.321 e. The molecule has 0 saturated heterocycles. The molecule has 0 amide bonds. The molecule has 1 rings (SSSR count). The van der Waals surface area contributed by atoms with Crippen LogP contribution in [0.1, 0.15) is 5.69 Å². The van der Waals surface area contributed by atoms with E-state index in [2.05, 4.69) is 11.3 Å². The van der Waals surface area contributed by atoms with Crippen molar-refractivity contribution in [2.24, 2.45) is 7.05 Å². The molecule has 0 aliphatic rings. The van der Waals surface area contributed by atoms with Crippen LogP contribution in [0.25, 0.3) is 0 Å². The van der Waals surface area contributed by atoms with Crippen molar-refractivity contribution in [2.75, 3.05) is 0 Å². The molecule has 1 aromatic rings. The van der Waals surface area contributed by atoms with Crippen LogP contribution in [0.2, 0.25) is 0 Å². The van der Waals surface area contributed by atoms with Gasteiger partial charge in [0.25, 0.3) is 0 Å². The normalized spacial score (nSPS) is 12.0. The predicted molar refractivity (Wildman–Crippen MR) is 27.0 cm³/mol. The molecule has 10 heavy (non-hydrogen) atoms. The van der Waals surface area contributed by atoms with Crippen molar-refractivity contribution in [1.82, 2.24) is 9.55 Å². The molecule has 55 valence electrons. The second-order valence-corrected chi connectivity index (χ2v) is 1.80. The highest BCUT2D eigenvalue weighted by Gasteiger charge is 2.33. The van der Waals surface area contributed by atoms with E-state index in [9.17, 15) is 13.2 Å². The summed E-state index contributed by atoms with van der Waals surface area (Å²) in [5.41, 5.74) is -0.785. The Morgan fingerprint density at radius 3 is 2.40 bits per heavy atom. The second kappa shape index (κ2) is 2.00. The van der Waals surface area contributed by atoms with Gasteiger partial charge in [-0.1, -0.05) is 0 Å². The molecule has 0 aliphatic heterocycles. The Balaban J connectivity index is 3.05. The summed E-state index contributed by atoms with van der Waals surface area (Å²) in [4.78, 5) is 3.21. The fourth-order valence-corrected chi connectivity index (χ4v) is 0.580.